The minimum atomic E-state index is -4.46. The monoisotopic (exact) mass is 361 g/mol. The average molecular weight is 362 g/mol. The largest absolute Gasteiger partial charge is 0.418 e. The van der Waals surface area contributed by atoms with Gasteiger partial charge in [-0.1, -0.05) is 34.1 Å². The lowest BCUT2D eigenvalue weighted by Gasteiger charge is -2.20. The maximum absolute atomic E-state index is 13.8. The van der Waals surface area contributed by atoms with Crippen LogP contribution in [0.4, 0.5) is 23.2 Å². The van der Waals surface area contributed by atoms with Gasteiger partial charge >= 0.3 is 6.18 Å². The van der Waals surface area contributed by atoms with Crippen molar-refractivity contribution in [3.63, 3.8) is 0 Å². The molecule has 0 radical (unpaired) electrons. The van der Waals surface area contributed by atoms with Gasteiger partial charge in [0, 0.05) is 15.7 Å². The molecule has 0 saturated heterocycles. The fourth-order valence-electron chi connectivity index (χ4n) is 2.02. The molecule has 0 spiro atoms. The van der Waals surface area contributed by atoms with Gasteiger partial charge in [0.05, 0.1) is 11.6 Å². The summed E-state index contributed by atoms with van der Waals surface area (Å²) in [7, 11) is 0. The van der Waals surface area contributed by atoms with Crippen LogP contribution in [0.5, 0.6) is 0 Å². The summed E-state index contributed by atoms with van der Waals surface area (Å²) in [6, 6.07) is 9.01. The number of alkyl halides is 3. The minimum Gasteiger partial charge on any atom is -0.378 e. The molecule has 0 heterocycles. The summed E-state index contributed by atoms with van der Waals surface area (Å²) in [6.45, 7) is 1.61. The Morgan fingerprint density at radius 2 is 1.76 bits per heavy atom. The van der Waals surface area contributed by atoms with Crippen molar-refractivity contribution in [1.82, 2.24) is 0 Å². The Labute approximate surface area is 128 Å². The molecule has 1 N–H and O–H groups in total. The lowest BCUT2D eigenvalue weighted by atomic mass is 10.1. The summed E-state index contributed by atoms with van der Waals surface area (Å²) in [6.07, 6.45) is -4.46. The van der Waals surface area contributed by atoms with Crippen molar-refractivity contribution in [1.29, 1.82) is 0 Å². The van der Waals surface area contributed by atoms with Gasteiger partial charge in [-0.15, -0.1) is 0 Å². The fraction of sp³-hybridized carbons (Fsp3) is 0.200. The molecule has 0 amide bonds. The van der Waals surface area contributed by atoms with Gasteiger partial charge in [0.1, 0.15) is 5.82 Å². The van der Waals surface area contributed by atoms with E-state index in [0.29, 0.717) is 10.0 Å². The van der Waals surface area contributed by atoms with E-state index in [1.165, 1.54) is 30.3 Å². The predicted molar refractivity (Wildman–Crippen MR) is 77.6 cm³/mol. The van der Waals surface area contributed by atoms with Crippen LogP contribution in [0.15, 0.2) is 46.9 Å². The highest BCUT2D eigenvalue weighted by atomic mass is 79.9. The molecular formula is C15H12BrF4N. The molecule has 21 heavy (non-hydrogen) atoms. The first-order valence-electron chi connectivity index (χ1n) is 6.16. The molecule has 0 bridgehead atoms. The van der Waals surface area contributed by atoms with Crippen LogP contribution in [-0.2, 0) is 6.18 Å². The van der Waals surface area contributed by atoms with Crippen molar-refractivity contribution in [2.45, 2.75) is 19.1 Å². The van der Waals surface area contributed by atoms with Gasteiger partial charge in [0.25, 0.3) is 0 Å². The molecule has 0 aliphatic carbocycles. The summed E-state index contributed by atoms with van der Waals surface area (Å²) in [4.78, 5) is 0. The molecule has 1 unspecified atom stereocenters. The second kappa shape index (κ2) is 6.05. The third-order valence-electron chi connectivity index (χ3n) is 3.03. The Bertz CT molecular complexity index is 640. The third kappa shape index (κ3) is 3.75. The van der Waals surface area contributed by atoms with E-state index in [4.69, 9.17) is 0 Å². The zero-order valence-corrected chi connectivity index (χ0v) is 12.6. The highest BCUT2D eigenvalue weighted by molar-refractivity contribution is 9.10. The molecule has 1 atom stereocenters. The highest BCUT2D eigenvalue weighted by Crippen LogP contribution is 2.36. The van der Waals surface area contributed by atoms with Gasteiger partial charge in [-0.25, -0.2) is 4.39 Å². The van der Waals surface area contributed by atoms with Crippen molar-refractivity contribution in [2.24, 2.45) is 0 Å². The molecular weight excluding hydrogens is 350 g/mol. The topological polar surface area (TPSA) is 12.0 Å². The Kier molecular flexibility index (Phi) is 4.56. The number of benzene rings is 2. The maximum Gasteiger partial charge on any atom is 0.418 e. The van der Waals surface area contributed by atoms with Crippen LogP contribution in [0, 0.1) is 5.82 Å². The Morgan fingerprint density at radius 3 is 2.38 bits per heavy atom. The van der Waals surface area contributed by atoms with Gasteiger partial charge in [0.15, 0.2) is 0 Å². The number of para-hydroxylation sites is 1. The van der Waals surface area contributed by atoms with Crippen LogP contribution in [0.1, 0.15) is 24.1 Å². The standard InChI is InChI=1S/C15H12BrF4N/c1-9(11-7-6-10(16)8-13(11)17)21-14-5-3-2-4-12(14)15(18,19)20/h2-9,21H,1H3. The minimum absolute atomic E-state index is 0.0696. The number of anilines is 1. The zero-order valence-electron chi connectivity index (χ0n) is 11.0. The van der Waals surface area contributed by atoms with E-state index < -0.39 is 23.6 Å². The van der Waals surface area contributed by atoms with Crippen molar-refractivity contribution in [3.8, 4) is 0 Å². The molecule has 2 aromatic carbocycles. The first kappa shape index (κ1) is 15.8. The summed E-state index contributed by atoms with van der Waals surface area (Å²) in [5.74, 6) is -0.478. The summed E-state index contributed by atoms with van der Waals surface area (Å²) < 4.78 is 53.2. The average Bonchev–Trinajstić information content (AvgIpc) is 2.37. The molecule has 0 aliphatic heterocycles. The van der Waals surface area contributed by atoms with Gasteiger partial charge in [-0.3, -0.25) is 0 Å². The van der Waals surface area contributed by atoms with Crippen molar-refractivity contribution >= 4 is 21.6 Å². The molecule has 112 valence electrons. The van der Waals surface area contributed by atoms with E-state index in [9.17, 15) is 17.6 Å². The van der Waals surface area contributed by atoms with Gasteiger partial charge in [-0.2, -0.15) is 13.2 Å². The molecule has 1 nitrogen and oxygen atoms in total. The lowest BCUT2D eigenvalue weighted by Crippen LogP contribution is -2.14. The lowest BCUT2D eigenvalue weighted by molar-refractivity contribution is -0.137. The highest BCUT2D eigenvalue weighted by Gasteiger charge is 2.33. The number of nitrogens with one attached hydrogen (secondary N) is 1. The van der Waals surface area contributed by atoms with Crippen molar-refractivity contribution in [2.75, 3.05) is 5.32 Å². The Balaban J connectivity index is 2.30. The van der Waals surface area contributed by atoms with Crippen LogP contribution >= 0.6 is 15.9 Å². The van der Waals surface area contributed by atoms with E-state index in [0.717, 1.165) is 6.07 Å². The fourth-order valence-corrected chi connectivity index (χ4v) is 2.35. The zero-order chi connectivity index (χ0) is 15.6. The molecule has 0 aliphatic rings. The van der Waals surface area contributed by atoms with E-state index in [2.05, 4.69) is 21.2 Å². The molecule has 0 saturated carbocycles. The van der Waals surface area contributed by atoms with Gasteiger partial charge in [-0.05, 0) is 31.2 Å². The quantitative estimate of drug-likeness (QED) is 0.683. The van der Waals surface area contributed by atoms with Crippen LogP contribution in [0.2, 0.25) is 0 Å². The molecule has 2 rings (SSSR count). The first-order chi connectivity index (χ1) is 9.79. The number of rotatable bonds is 3. The Hall–Kier alpha value is -1.56. The van der Waals surface area contributed by atoms with Gasteiger partial charge < -0.3 is 5.32 Å². The Morgan fingerprint density at radius 1 is 1.10 bits per heavy atom. The molecule has 2 aromatic rings. The normalized spacial score (nSPS) is 13.0. The summed E-state index contributed by atoms with van der Waals surface area (Å²) >= 11 is 3.14. The van der Waals surface area contributed by atoms with Crippen LogP contribution in [0.25, 0.3) is 0 Å². The van der Waals surface area contributed by atoms with E-state index in [-0.39, 0.29) is 5.69 Å². The second-order valence-electron chi connectivity index (χ2n) is 4.58. The number of hydrogen-bond acceptors (Lipinski definition) is 1. The summed E-state index contributed by atoms with van der Waals surface area (Å²) in [5.41, 5.74) is -0.538. The first-order valence-corrected chi connectivity index (χ1v) is 6.96. The summed E-state index contributed by atoms with van der Waals surface area (Å²) in [5, 5.41) is 2.72. The number of halogens is 5. The van der Waals surface area contributed by atoms with Crippen LogP contribution in [-0.4, -0.2) is 0 Å². The third-order valence-corrected chi connectivity index (χ3v) is 3.53. The van der Waals surface area contributed by atoms with E-state index in [1.807, 2.05) is 0 Å². The van der Waals surface area contributed by atoms with Crippen molar-refractivity contribution < 1.29 is 17.6 Å². The smallest absolute Gasteiger partial charge is 0.378 e. The van der Waals surface area contributed by atoms with E-state index in [1.54, 1.807) is 13.0 Å². The maximum atomic E-state index is 13.8. The SMILES string of the molecule is CC(Nc1ccccc1C(F)(F)F)c1ccc(Br)cc1F. The van der Waals surface area contributed by atoms with Crippen molar-refractivity contribution in [3.05, 3.63) is 63.9 Å². The molecule has 0 fully saturated rings. The predicted octanol–water partition coefficient (Wildman–Crippen LogP) is 5.78. The molecule has 6 heteroatoms. The second-order valence-corrected chi connectivity index (χ2v) is 5.49. The van der Waals surface area contributed by atoms with Gasteiger partial charge in [0.2, 0.25) is 0 Å². The van der Waals surface area contributed by atoms with Crippen LogP contribution in [0.3, 0.4) is 0 Å². The van der Waals surface area contributed by atoms with E-state index >= 15 is 0 Å². The number of hydrogen-bond donors (Lipinski definition) is 1. The molecule has 0 aromatic heterocycles. The van der Waals surface area contributed by atoms with Crippen LogP contribution < -0.4 is 5.32 Å².